The van der Waals surface area contributed by atoms with Crippen molar-refractivity contribution >= 4 is 23.2 Å². The lowest BCUT2D eigenvalue weighted by Crippen LogP contribution is -2.28. The van der Waals surface area contributed by atoms with Crippen molar-refractivity contribution in [2.24, 2.45) is 0 Å². The van der Waals surface area contributed by atoms with Gasteiger partial charge in [-0.3, -0.25) is 14.9 Å². The first kappa shape index (κ1) is 21.9. The van der Waals surface area contributed by atoms with Gasteiger partial charge in [-0.15, -0.1) is 0 Å². The van der Waals surface area contributed by atoms with Gasteiger partial charge in [0.25, 0.3) is 5.91 Å². The number of nitrogens with zero attached hydrogens (tertiary/aromatic N) is 1. The molecule has 0 aliphatic heterocycles. The number of amides is 1. The van der Waals surface area contributed by atoms with Crippen molar-refractivity contribution in [2.45, 2.75) is 0 Å². The van der Waals surface area contributed by atoms with Crippen LogP contribution in [0.1, 0.15) is 10.4 Å². The summed E-state index contributed by atoms with van der Waals surface area (Å²) in [6.45, 7) is 0.569. The number of halogens is 1. The van der Waals surface area contributed by atoms with Crippen LogP contribution in [-0.4, -0.2) is 31.1 Å². The fraction of sp³-hybridized carbons (Fsp3) is 0.136. The van der Waals surface area contributed by atoms with E-state index in [1.807, 2.05) is 12.1 Å². The molecule has 0 heterocycles. The van der Waals surface area contributed by atoms with Gasteiger partial charge < -0.3 is 19.5 Å². The molecular formula is C22H19ClN2O6. The van der Waals surface area contributed by atoms with Gasteiger partial charge in [0.15, 0.2) is 11.5 Å². The Bertz CT molecular complexity index is 1070. The number of nitro benzene ring substituents is 1. The summed E-state index contributed by atoms with van der Waals surface area (Å²) in [6, 6.07) is 17.6. The van der Waals surface area contributed by atoms with Crippen LogP contribution < -0.4 is 19.5 Å². The molecular weight excluding hydrogens is 424 g/mol. The highest BCUT2D eigenvalue weighted by molar-refractivity contribution is 6.30. The van der Waals surface area contributed by atoms with E-state index in [0.717, 1.165) is 0 Å². The summed E-state index contributed by atoms with van der Waals surface area (Å²) in [5.74, 6) is 1.33. The van der Waals surface area contributed by atoms with Gasteiger partial charge in [0.2, 0.25) is 5.75 Å². The predicted molar refractivity (Wildman–Crippen MR) is 115 cm³/mol. The minimum Gasteiger partial charge on any atom is -0.493 e. The van der Waals surface area contributed by atoms with Crippen molar-refractivity contribution in [1.82, 2.24) is 5.32 Å². The molecule has 3 rings (SSSR count). The Morgan fingerprint density at radius 1 is 1.03 bits per heavy atom. The van der Waals surface area contributed by atoms with Crippen LogP contribution in [0.5, 0.6) is 23.0 Å². The molecule has 3 aromatic carbocycles. The Morgan fingerprint density at radius 2 is 1.74 bits per heavy atom. The van der Waals surface area contributed by atoms with Gasteiger partial charge in [0, 0.05) is 16.7 Å². The van der Waals surface area contributed by atoms with Gasteiger partial charge >= 0.3 is 5.69 Å². The number of ether oxygens (including phenoxy) is 3. The van der Waals surface area contributed by atoms with Gasteiger partial charge in [-0.2, -0.15) is 0 Å². The van der Waals surface area contributed by atoms with Crippen LogP contribution in [-0.2, 0) is 0 Å². The molecule has 0 atom stereocenters. The average molecular weight is 443 g/mol. The van der Waals surface area contributed by atoms with Crippen LogP contribution in [0.2, 0.25) is 5.02 Å². The van der Waals surface area contributed by atoms with Crippen molar-refractivity contribution in [3.05, 3.63) is 87.4 Å². The Kier molecular flexibility index (Phi) is 7.29. The standard InChI is InChI=1S/C22H19ClN2O6/c1-29-20-4-2-3-5-21(20)30-13-12-24-22(26)15-6-9-17(10-7-15)31-19-11-8-16(23)14-18(19)25(27)28/h2-11,14H,12-13H2,1H3,(H,24,26). The summed E-state index contributed by atoms with van der Waals surface area (Å²) >= 11 is 5.80. The number of nitrogens with one attached hydrogen (secondary N) is 1. The van der Waals surface area contributed by atoms with Crippen molar-refractivity contribution in [1.29, 1.82) is 0 Å². The first-order chi connectivity index (χ1) is 15.0. The maximum atomic E-state index is 12.3. The number of benzene rings is 3. The van der Waals surface area contributed by atoms with Gasteiger partial charge in [0.05, 0.1) is 18.6 Å². The molecule has 0 aromatic heterocycles. The Hall–Kier alpha value is -3.78. The normalized spacial score (nSPS) is 10.3. The van der Waals surface area contributed by atoms with E-state index in [1.54, 1.807) is 43.5 Å². The number of para-hydroxylation sites is 2. The van der Waals surface area contributed by atoms with Crippen molar-refractivity contribution in [3.8, 4) is 23.0 Å². The first-order valence-corrected chi connectivity index (χ1v) is 9.61. The van der Waals surface area contributed by atoms with Crippen molar-refractivity contribution in [3.63, 3.8) is 0 Å². The van der Waals surface area contributed by atoms with E-state index in [1.165, 1.54) is 18.2 Å². The number of rotatable bonds is 9. The zero-order valence-electron chi connectivity index (χ0n) is 16.5. The zero-order chi connectivity index (χ0) is 22.2. The zero-order valence-corrected chi connectivity index (χ0v) is 17.3. The number of nitro groups is 1. The second-order valence-electron chi connectivity index (χ2n) is 6.25. The molecule has 0 aliphatic rings. The van der Waals surface area contributed by atoms with Crippen LogP contribution in [0.15, 0.2) is 66.7 Å². The molecule has 8 nitrogen and oxygen atoms in total. The molecule has 0 radical (unpaired) electrons. The minimum absolute atomic E-state index is 0.0556. The number of methoxy groups -OCH3 is 1. The Morgan fingerprint density at radius 3 is 2.42 bits per heavy atom. The monoisotopic (exact) mass is 442 g/mol. The number of carbonyl (C=O) groups excluding carboxylic acids is 1. The lowest BCUT2D eigenvalue weighted by atomic mass is 10.2. The van der Waals surface area contributed by atoms with Gasteiger partial charge in [-0.25, -0.2) is 0 Å². The molecule has 0 bridgehead atoms. The number of carbonyl (C=O) groups is 1. The third-order valence-electron chi connectivity index (χ3n) is 4.18. The maximum Gasteiger partial charge on any atom is 0.313 e. The van der Waals surface area contributed by atoms with Crippen molar-refractivity contribution in [2.75, 3.05) is 20.3 Å². The minimum atomic E-state index is -0.573. The lowest BCUT2D eigenvalue weighted by Gasteiger charge is -2.11. The highest BCUT2D eigenvalue weighted by Gasteiger charge is 2.16. The number of hydrogen-bond donors (Lipinski definition) is 1. The van der Waals surface area contributed by atoms with Gasteiger partial charge in [0.1, 0.15) is 12.4 Å². The van der Waals surface area contributed by atoms with E-state index >= 15 is 0 Å². The molecule has 0 saturated heterocycles. The molecule has 9 heteroatoms. The quantitative estimate of drug-likeness (QED) is 0.288. The third kappa shape index (κ3) is 5.86. The molecule has 0 fully saturated rings. The molecule has 0 aliphatic carbocycles. The molecule has 0 unspecified atom stereocenters. The SMILES string of the molecule is COc1ccccc1OCCNC(=O)c1ccc(Oc2ccc(Cl)cc2[N+](=O)[O-])cc1. The topological polar surface area (TPSA) is 99.9 Å². The number of hydrogen-bond acceptors (Lipinski definition) is 6. The molecule has 1 amide bonds. The fourth-order valence-corrected chi connectivity index (χ4v) is 2.85. The summed E-state index contributed by atoms with van der Waals surface area (Å²) in [6.07, 6.45) is 0. The highest BCUT2D eigenvalue weighted by atomic mass is 35.5. The molecule has 0 saturated carbocycles. The smallest absolute Gasteiger partial charge is 0.313 e. The van der Waals surface area contributed by atoms with Crippen LogP contribution in [0.3, 0.4) is 0 Å². The maximum absolute atomic E-state index is 12.3. The van der Waals surface area contributed by atoms with Gasteiger partial charge in [-0.05, 0) is 48.5 Å². The first-order valence-electron chi connectivity index (χ1n) is 9.24. The van der Waals surface area contributed by atoms with E-state index in [0.29, 0.717) is 29.4 Å². The largest absolute Gasteiger partial charge is 0.493 e. The van der Waals surface area contributed by atoms with Crippen molar-refractivity contribution < 1.29 is 23.9 Å². The predicted octanol–water partition coefficient (Wildman–Crippen LogP) is 4.86. The fourth-order valence-electron chi connectivity index (χ4n) is 2.69. The lowest BCUT2D eigenvalue weighted by molar-refractivity contribution is -0.385. The Balaban J connectivity index is 1.54. The second kappa shape index (κ2) is 10.3. The van der Waals surface area contributed by atoms with E-state index in [2.05, 4.69) is 5.32 Å². The molecule has 160 valence electrons. The van der Waals surface area contributed by atoms with E-state index < -0.39 is 4.92 Å². The van der Waals surface area contributed by atoms with Crippen LogP contribution >= 0.6 is 11.6 Å². The van der Waals surface area contributed by atoms with E-state index in [9.17, 15) is 14.9 Å². The summed E-state index contributed by atoms with van der Waals surface area (Å²) in [5, 5.41) is 14.1. The van der Waals surface area contributed by atoms with Gasteiger partial charge in [-0.1, -0.05) is 23.7 Å². The average Bonchev–Trinajstić information content (AvgIpc) is 2.78. The molecule has 3 aromatic rings. The Labute approximate surface area is 183 Å². The van der Waals surface area contributed by atoms with Crippen LogP contribution in [0.25, 0.3) is 0 Å². The third-order valence-corrected chi connectivity index (χ3v) is 4.41. The second-order valence-corrected chi connectivity index (χ2v) is 6.69. The molecule has 31 heavy (non-hydrogen) atoms. The summed E-state index contributed by atoms with van der Waals surface area (Å²) in [7, 11) is 1.56. The summed E-state index contributed by atoms with van der Waals surface area (Å²) < 4.78 is 16.4. The summed E-state index contributed by atoms with van der Waals surface area (Å²) in [4.78, 5) is 22.9. The van der Waals surface area contributed by atoms with Crippen LogP contribution in [0, 0.1) is 10.1 Å². The van der Waals surface area contributed by atoms with E-state index in [4.69, 9.17) is 25.8 Å². The van der Waals surface area contributed by atoms with E-state index in [-0.39, 0.29) is 29.0 Å². The molecule has 1 N–H and O–H groups in total. The molecule has 0 spiro atoms. The summed E-state index contributed by atoms with van der Waals surface area (Å²) in [5.41, 5.74) is 0.166. The highest BCUT2D eigenvalue weighted by Crippen LogP contribution is 2.33. The van der Waals surface area contributed by atoms with Crippen LogP contribution in [0.4, 0.5) is 5.69 Å².